The van der Waals surface area contributed by atoms with Gasteiger partial charge in [0.05, 0.1) is 25.4 Å². The Morgan fingerprint density at radius 3 is 2.67 bits per heavy atom. The number of likely N-dealkylation sites (tertiary alicyclic amines) is 1. The molecule has 3 N–H and O–H groups in total. The van der Waals surface area contributed by atoms with Crippen molar-refractivity contribution in [1.82, 2.24) is 40.7 Å². The number of carbonyl (C=O) groups excluding carboxylic acids is 4. The highest BCUT2D eigenvalue weighted by Crippen LogP contribution is 2.34. The van der Waals surface area contributed by atoms with Gasteiger partial charge in [-0.25, -0.2) is 13.5 Å². The number of likely N-dealkylation sites (N-methyl/N-ethyl adjacent to an activating group) is 1. The first-order valence-electron chi connectivity index (χ1n) is 15.7. The smallest absolute Gasteiger partial charge is 0.268 e. The highest BCUT2D eigenvalue weighted by atomic mass is 19.3. The van der Waals surface area contributed by atoms with Crippen LogP contribution in [0.25, 0.3) is 11.3 Å². The van der Waals surface area contributed by atoms with Crippen molar-refractivity contribution in [3.8, 4) is 17.3 Å². The predicted octanol–water partition coefficient (Wildman–Crippen LogP) is 1.44. The fraction of sp³-hybridized carbons (Fsp3) is 0.424. The monoisotopic (exact) mass is 659 g/mol. The van der Waals surface area contributed by atoms with Gasteiger partial charge in [-0.1, -0.05) is 35.5 Å². The van der Waals surface area contributed by atoms with E-state index in [1.165, 1.54) is 0 Å². The molecule has 1 aromatic heterocycles. The zero-order valence-corrected chi connectivity index (χ0v) is 26.3. The summed E-state index contributed by atoms with van der Waals surface area (Å²) in [7, 11) is 1.82. The molecule has 3 aromatic rings. The van der Waals surface area contributed by atoms with E-state index in [4.69, 9.17) is 0 Å². The van der Waals surface area contributed by atoms with Gasteiger partial charge in [0.15, 0.2) is 0 Å². The van der Waals surface area contributed by atoms with Gasteiger partial charge in [-0.15, -0.1) is 5.10 Å². The summed E-state index contributed by atoms with van der Waals surface area (Å²) in [5, 5.41) is 26.2. The van der Waals surface area contributed by atoms with E-state index < -0.39 is 48.7 Å². The molecular formula is C33H35F2N9O4. The molecule has 48 heavy (non-hydrogen) atoms. The number of aromatic nitrogens is 3. The van der Waals surface area contributed by atoms with Crippen molar-refractivity contribution in [2.75, 3.05) is 26.7 Å². The van der Waals surface area contributed by atoms with Crippen molar-refractivity contribution < 1.29 is 28.0 Å². The Kier molecular flexibility index (Phi) is 9.18. The molecule has 0 aliphatic carbocycles. The summed E-state index contributed by atoms with van der Waals surface area (Å²) in [6.45, 7) is 1.45. The van der Waals surface area contributed by atoms with Gasteiger partial charge in [0.1, 0.15) is 17.8 Å². The topological polar surface area (TPSA) is 165 Å². The van der Waals surface area contributed by atoms with Crippen LogP contribution in [0.15, 0.2) is 48.7 Å². The van der Waals surface area contributed by atoms with Crippen LogP contribution >= 0.6 is 0 Å². The number of carbonyl (C=O) groups is 4. The number of alkyl halides is 2. The van der Waals surface area contributed by atoms with E-state index in [0.29, 0.717) is 44.0 Å². The van der Waals surface area contributed by atoms with Crippen molar-refractivity contribution in [2.45, 2.75) is 56.9 Å². The van der Waals surface area contributed by atoms with Crippen molar-refractivity contribution >= 4 is 23.6 Å². The Balaban J connectivity index is 1.05. The minimum absolute atomic E-state index is 0.00308. The van der Waals surface area contributed by atoms with E-state index in [1.54, 1.807) is 27.8 Å². The number of hydrogen-bond donors (Lipinski definition) is 3. The third kappa shape index (κ3) is 6.89. The highest BCUT2D eigenvalue weighted by molar-refractivity contribution is 5.95. The molecule has 15 heteroatoms. The molecule has 3 aliphatic heterocycles. The molecule has 0 saturated carbocycles. The summed E-state index contributed by atoms with van der Waals surface area (Å²) < 4.78 is 29.5. The van der Waals surface area contributed by atoms with Crippen molar-refractivity contribution in [3.05, 3.63) is 70.9 Å². The molecule has 0 radical (unpaired) electrons. The lowest BCUT2D eigenvalue weighted by Gasteiger charge is -2.22. The van der Waals surface area contributed by atoms with Gasteiger partial charge in [0.2, 0.25) is 17.7 Å². The van der Waals surface area contributed by atoms with Gasteiger partial charge in [0, 0.05) is 56.1 Å². The summed E-state index contributed by atoms with van der Waals surface area (Å²) in [4.78, 5) is 53.8. The summed E-state index contributed by atoms with van der Waals surface area (Å²) >= 11 is 0. The minimum Gasteiger partial charge on any atom is -0.351 e. The second-order valence-corrected chi connectivity index (χ2v) is 12.4. The molecule has 2 aromatic carbocycles. The maximum atomic E-state index is 13.9. The van der Waals surface area contributed by atoms with Gasteiger partial charge in [-0.05, 0) is 42.3 Å². The van der Waals surface area contributed by atoms with Gasteiger partial charge in [-0.2, -0.15) is 5.26 Å². The first-order valence-corrected chi connectivity index (χ1v) is 15.7. The number of rotatable bonds is 10. The standard InChI is InChI=1S/C33H35F2N9O4/c1-37-9-10-38-30(46)21-7-5-20(6-8-21)28-18-43(41-40-28)16-23-4-2-3-22-15-42(17-26(22)23)29(45)12-24-11-27(39-31(24)47)32(48)44-19-33(34,35)13-25(44)14-36/h2-8,18,24-25,27,37H,9-13,15-17,19H2,1H3,(H,38,46)(H,39,47)/t24-,25-,27-/m0/s1. The zero-order chi connectivity index (χ0) is 34.0. The summed E-state index contributed by atoms with van der Waals surface area (Å²) in [6, 6.07) is 12.4. The van der Waals surface area contributed by atoms with Crippen LogP contribution in [0.4, 0.5) is 8.78 Å². The third-order valence-corrected chi connectivity index (χ3v) is 9.04. The fourth-order valence-electron chi connectivity index (χ4n) is 6.48. The van der Waals surface area contributed by atoms with E-state index in [2.05, 4.69) is 26.3 Å². The normalized spacial score (nSPS) is 21.1. The average molecular weight is 660 g/mol. The van der Waals surface area contributed by atoms with Crippen LogP contribution in [0.3, 0.4) is 0 Å². The Morgan fingerprint density at radius 2 is 1.92 bits per heavy atom. The minimum atomic E-state index is -3.16. The molecule has 13 nitrogen and oxygen atoms in total. The SMILES string of the molecule is CNCCNC(=O)c1ccc(-c2cn(Cc3cccc4c3CN(C(=O)C[C@@H]3C[C@@H](C(=O)N5CC(F)(F)C[C@H]5C#N)NC3=O)C4)nn2)cc1. The van der Waals surface area contributed by atoms with Crippen molar-refractivity contribution in [1.29, 1.82) is 5.26 Å². The number of benzene rings is 2. The number of halogens is 2. The second-order valence-electron chi connectivity index (χ2n) is 12.4. The predicted molar refractivity (Wildman–Crippen MR) is 167 cm³/mol. The Morgan fingerprint density at radius 1 is 1.12 bits per heavy atom. The molecule has 0 spiro atoms. The average Bonchev–Trinajstić information content (AvgIpc) is 3.86. The lowest BCUT2D eigenvalue weighted by atomic mass is 9.99. The summed E-state index contributed by atoms with van der Waals surface area (Å²) in [6.07, 6.45) is 0.953. The molecule has 6 rings (SSSR count). The number of nitriles is 1. The Hall–Kier alpha value is -5.23. The van der Waals surface area contributed by atoms with E-state index in [1.807, 2.05) is 43.6 Å². The lowest BCUT2D eigenvalue weighted by molar-refractivity contribution is -0.135. The van der Waals surface area contributed by atoms with Crippen molar-refractivity contribution in [3.63, 3.8) is 0 Å². The molecule has 250 valence electrons. The maximum Gasteiger partial charge on any atom is 0.268 e. The molecule has 2 saturated heterocycles. The third-order valence-electron chi connectivity index (χ3n) is 9.04. The van der Waals surface area contributed by atoms with Crippen LogP contribution in [0.1, 0.15) is 46.3 Å². The number of nitrogens with zero attached hydrogens (tertiary/aromatic N) is 6. The maximum absolute atomic E-state index is 13.9. The Labute approximate surface area is 275 Å². The number of hydrogen-bond acceptors (Lipinski definition) is 8. The molecule has 3 aliphatic rings. The largest absolute Gasteiger partial charge is 0.351 e. The number of nitrogens with one attached hydrogen (secondary N) is 3. The molecule has 0 bridgehead atoms. The molecule has 4 amide bonds. The van der Waals surface area contributed by atoms with E-state index in [-0.39, 0.29) is 24.7 Å². The van der Waals surface area contributed by atoms with Crippen LogP contribution in [-0.4, -0.2) is 93.1 Å². The molecule has 2 fully saturated rings. The molecule has 4 heterocycles. The fourth-order valence-corrected chi connectivity index (χ4v) is 6.48. The Bertz CT molecular complexity index is 1770. The van der Waals surface area contributed by atoms with E-state index >= 15 is 0 Å². The van der Waals surface area contributed by atoms with Gasteiger partial charge in [-0.3, -0.25) is 19.2 Å². The van der Waals surface area contributed by atoms with E-state index in [9.17, 15) is 33.2 Å². The van der Waals surface area contributed by atoms with Crippen LogP contribution in [0.2, 0.25) is 0 Å². The number of amides is 4. The molecule has 3 atom stereocenters. The van der Waals surface area contributed by atoms with Gasteiger partial charge < -0.3 is 25.8 Å². The first kappa shape index (κ1) is 32.7. The first-order chi connectivity index (χ1) is 23.0. The summed E-state index contributed by atoms with van der Waals surface area (Å²) in [5.74, 6) is -5.56. The van der Waals surface area contributed by atoms with E-state index in [0.717, 1.165) is 27.2 Å². The van der Waals surface area contributed by atoms with Crippen LogP contribution in [0.5, 0.6) is 0 Å². The zero-order valence-electron chi connectivity index (χ0n) is 26.3. The number of fused-ring (bicyclic) bond motifs is 1. The molecular weight excluding hydrogens is 624 g/mol. The van der Waals surface area contributed by atoms with Crippen LogP contribution < -0.4 is 16.0 Å². The van der Waals surface area contributed by atoms with Crippen molar-refractivity contribution in [2.24, 2.45) is 5.92 Å². The molecule has 0 unspecified atom stereocenters. The van der Waals surface area contributed by atoms with Gasteiger partial charge in [0.25, 0.3) is 11.8 Å². The second kappa shape index (κ2) is 13.5. The van der Waals surface area contributed by atoms with Crippen LogP contribution in [0, 0.1) is 17.2 Å². The quantitative estimate of drug-likeness (QED) is 0.275. The highest BCUT2D eigenvalue weighted by Gasteiger charge is 2.50. The van der Waals surface area contributed by atoms with Gasteiger partial charge >= 0.3 is 0 Å². The summed E-state index contributed by atoms with van der Waals surface area (Å²) in [5.41, 5.74) is 4.93. The van der Waals surface area contributed by atoms with Crippen LogP contribution in [-0.2, 0) is 34.0 Å². The lowest BCUT2D eigenvalue weighted by Crippen LogP contribution is -2.46.